The number of pyridine rings is 2. The Kier molecular flexibility index (Phi) is 5.49. The van der Waals surface area contributed by atoms with Crippen LogP contribution in [0, 0.1) is 5.82 Å². The Labute approximate surface area is 179 Å². The normalized spacial score (nSPS) is 13.0. The summed E-state index contributed by atoms with van der Waals surface area (Å²) in [6, 6.07) is 8.23. The van der Waals surface area contributed by atoms with Crippen molar-refractivity contribution in [3.05, 3.63) is 82.2 Å². The maximum absolute atomic E-state index is 14.6. The molecule has 0 atom stereocenters. The van der Waals surface area contributed by atoms with Crippen LogP contribution in [0.25, 0.3) is 17.2 Å². The summed E-state index contributed by atoms with van der Waals surface area (Å²) in [7, 11) is 0. The predicted molar refractivity (Wildman–Crippen MR) is 109 cm³/mol. The van der Waals surface area contributed by atoms with Crippen LogP contribution < -0.4 is 5.32 Å². The molecule has 0 saturated carbocycles. The quantitative estimate of drug-likeness (QED) is 0.528. The van der Waals surface area contributed by atoms with Crippen LogP contribution in [0.5, 0.6) is 0 Å². The van der Waals surface area contributed by atoms with Crippen molar-refractivity contribution < 1.29 is 22.4 Å². The fraction of sp³-hybridized carbons (Fsp3) is 0.136. The first kappa shape index (κ1) is 21.0. The first-order chi connectivity index (χ1) is 14.7. The van der Waals surface area contributed by atoms with E-state index in [1.54, 1.807) is 12.3 Å². The highest BCUT2D eigenvalue weighted by Crippen LogP contribution is 2.31. The van der Waals surface area contributed by atoms with E-state index in [4.69, 9.17) is 11.6 Å². The zero-order valence-electron chi connectivity index (χ0n) is 15.8. The fourth-order valence-corrected chi connectivity index (χ4v) is 3.48. The standard InChI is InChI=1S/C22H14ClF4N3O/c23-16-6-14-5-15(11-29-19(14)9-16)12-1-2-13(18(24)7-12)8-21(31)30-17-3-4-28-20(10-17)22(25,26)27/h1-7,10-11H,8-9H2,(H,28,30,31). The van der Waals surface area contributed by atoms with E-state index in [0.29, 0.717) is 22.6 Å². The van der Waals surface area contributed by atoms with Crippen LogP contribution in [-0.4, -0.2) is 15.9 Å². The molecule has 1 aliphatic carbocycles. The van der Waals surface area contributed by atoms with Gasteiger partial charge in [0.2, 0.25) is 5.91 Å². The summed E-state index contributed by atoms with van der Waals surface area (Å²) < 4.78 is 52.8. The van der Waals surface area contributed by atoms with Crippen molar-refractivity contribution in [1.29, 1.82) is 0 Å². The number of rotatable bonds is 4. The molecule has 0 bridgehead atoms. The lowest BCUT2D eigenvalue weighted by Crippen LogP contribution is -2.16. The SMILES string of the molecule is O=C(Cc1ccc(-c2cnc3c(c2)C=C(Cl)C3)cc1F)Nc1ccnc(C(F)(F)F)c1. The maximum atomic E-state index is 14.6. The van der Waals surface area contributed by atoms with Crippen molar-refractivity contribution in [3.8, 4) is 11.1 Å². The summed E-state index contributed by atoms with van der Waals surface area (Å²) in [5.74, 6) is -1.25. The van der Waals surface area contributed by atoms with Gasteiger partial charge in [-0.25, -0.2) is 4.39 Å². The number of carbonyl (C=O) groups is 1. The molecule has 1 amide bonds. The number of alkyl halides is 3. The molecule has 158 valence electrons. The minimum Gasteiger partial charge on any atom is -0.326 e. The number of carbonyl (C=O) groups excluding carboxylic acids is 1. The number of aromatic nitrogens is 2. The number of benzene rings is 1. The molecule has 0 aliphatic heterocycles. The van der Waals surface area contributed by atoms with Crippen LogP contribution in [-0.2, 0) is 23.8 Å². The molecule has 4 nitrogen and oxygen atoms in total. The molecule has 2 aromatic heterocycles. The fourth-order valence-electron chi connectivity index (χ4n) is 3.23. The van der Waals surface area contributed by atoms with E-state index in [9.17, 15) is 22.4 Å². The molecule has 9 heteroatoms. The van der Waals surface area contributed by atoms with E-state index in [0.717, 1.165) is 23.5 Å². The third-order valence-electron chi connectivity index (χ3n) is 4.72. The van der Waals surface area contributed by atoms with Crippen LogP contribution in [0.2, 0.25) is 0 Å². The highest BCUT2D eigenvalue weighted by Gasteiger charge is 2.32. The van der Waals surface area contributed by atoms with Crippen molar-refractivity contribution in [2.24, 2.45) is 0 Å². The van der Waals surface area contributed by atoms with Crippen molar-refractivity contribution >= 4 is 29.3 Å². The van der Waals surface area contributed by atoms with Gasteiger partial charge in [0.1, 0.15) is 11.5 Å². The Morgan fingerprint density at radius 2 is 1.90 bits per heavy atom. The zero-order chi connectivity index (χ0) is 22.2. The van der Waals surface area contributed by atoms with Crippen molar-refractivity contribution in [2.75, 3.05) is 5.32 Å². The molecule has 0 unspecified atom stereocenters. The molecule has 0 fully saturated rings. The summed E-state index contributed by atoms with van der Waals surface area (Å²) in [5, 5.41) is 3.02. The van der Waals surface area contributed by atoms with E-state index in [1.165, 1.54) is 18.2 Å². The number of hydrogen-bond donors (Lipinski definition) is 1. The van der Waals surface area contributed by atoms with E-state index in [-0.39, 0.29) is 17.7 Å². The highest BCUT2D eigenvalue weighted by atomic mass is 35.5. The van der Waals surface area contributed by atoms with Gasteiger partial charge in [-0.1, -0.05) is 23.7 Å². The molecule has 2 heterocycles. The van der Waals surface area contributed by atoms with Gasteiger partial charge in [-0.05, 0) is 47.0 Å². The number of allylic oxidation sites excluding steroid dienone is 1. The summed E-state index contributed by atoms with van der Waals surface area (Å²) in [6.45, 7) is 0. The number of anilines is 1. The molecular formula is C22H14ClF4N3O. The van der Waals surface area contributed by atoms with Gasteiger partial charge in [0.25, 0.3) is 0 Å². The van der Waals surface area contributed by atoms with Crippen molar-refractivity contribution in [1.82, 2.24) is 9.97 Å². The minimum absolute atomic E-state index is 0.0692. The second kappa shape index (κ2) is 8.11. The molecule has 0 radical (unpaired) electrons. The van der Waals surface area contributed by atoms with Crippen LogP contribution in [0.15, 0.2) is 53.8 Å². The first-order valence-electron chi connectivity index (χ1n) is 9.16. The Morgan fingerprint density at radius 3 is 2.65 bits per heavy atom. The Morgan fingerprint density at radius 1 is 1.10 bits per heavy atom. The first-order valence-corrected chi connectivity index (χ1v) is 9.54. The molecule has 1 N–H and O–H groups in total. The minimum atomic E-state index is -4.63. The molecule has 4 rings (SSSR count). The summed E-state index contributed by atoms with van der Waals surface area (Å²) in [4.78, 5) is 19.8. The third-order valence-corrected chi connectivity index (χ3v) is 4.97. The maximum Gasteiger partial charge on any atom is 0.433 e. The van der Waals surface area contributed by atoms with Gasteiger partial charge < -0.3 is 5.32 Å². The number of hydrogen-bond acceptors (Lipinski definition) is 3. The smallest absolute Gasteiger partial charge is 0.326 e. The van der Waals surface area contributed by atoms with E-state index < -0.39 is 23.6 Å². The third kappa shape index (κ3) is 4.74. The lowest BCUT2D eigenvalue weighted by atomic mass is 10.0. The lowest BCUT2D eigenvalue weighted by Gasteiger charge is -2.10. The Hall–Kier alpha value is -3.26. The van der Waals surface area contributed by atoms with Gasteiger partial charge in [-0.2, -0.15) is 13.2 Å². The van der Waals surface area contributed by atoms with Gasteiger partial charge in [0.05, 0.1) is 12.1 Å². The number of nitrogens with zero attached hydrogens (tertiary/aromatic N) is 2. The van der Waals surface area contributed by atoms with Gasteiger partial charge in [0, 0.05) is 35.1 Å². The lowest BCUT2D eigenvalue weighted by molar-refractivity contribution is -0.141. The average molecular weight is 448 g/mol. The van der Waals surface area contributed by atoms with Crippen molar-refractivity contribution in [2.45, 2.75) is 19.0 Å². The van der Waals surface area contributed by atoms with Gasteiger partial charge in [0.15, 0.2) is 0 Å². The second-order valence-corrected chi connectivity index (χ2v) is 7.47. The summed E-state index contributed by atoms with van der Waals surface area (Å²) in [6.07, 6.45) is -0.00805. The van der Waals surface area contributed by atoms with Crippen LogP contribution in [0.1, 0.15) is 22.5 Å². The highest BCUT2D eigenvalue weighted by molar-refractivity contribution is 6.32. The number of fused-ring (bicyclic) bond motifs is 1. The monoisotopic (exact) mass is 447 g/mol. The van der Waals surface area contributed by atoms with Gasteiger partial charge in [-0.3, -0.25) is 14.8 Å². The molecule has 1 aliphatic rings. The van der Waals surface area contributed by atoms with Crippen molar-refractivity contribution in [3.63, 3.8) is 0 Å². The molecule has 3 aromatic rings. The number of halogens is 5. The summed E-state index contributed by atoms with van der Waals surface area (Å²) in [5.41, 5.74) is 1.93. The van der Waals surface area contributed by atoms with E-state index in [2.05, 4.69) is 15.3 Å². The number of nitrogens with one attached hydrogen (secondary N) is 1. The number of amides is 1. The Balaban J connectivity index is 1.48. The summed E-state index contributed by atoms with van der Waals surface area (Å²) >= 11 is 6.02. The molecule has 0 spiro atoms. The zero-order valence-corrected chi connectivity index (χ0v) is 16.6. The predicted octanol–water partition coefficient (Wildman–Crippen LogP) is 5.62. The van der Waals surface area contributed by atoms with Gasteiger partial charge >= 0.3 is 6.18 Å². The molecule has 1 aromatic carbocycles. The topological polar surface area (TPSA) is 54.9 Å². The Bertz CT molecular complexity index is 1210. The molecule has 31 heavy (non-hydrogen) atoms. The van der Waals surface area contributed by atoms with Crippen LogP contribution >= 0.6 is 11.6 Å². The van der Waals surface area contributed by atoms with Crippen LogP contribution in [0.3, 0.4) is 0 Å². The van der Waals surface area contributed by atoms with E-state index in [1.807, 2.05) is 12.1 Å². The van der Waals surface area contributed by atoms with Gasteiger partial charge in [-0.15, -0.1) is 0 Å². The average Bonchev–Trinajstić information content (AvgIpc) is 3.08. The molecule has 0 saturated heterocycles. The molecular weight excluding hydrogens is 434 g/mol. The second-order valence-electron chi connectivity index (χ2n) is 6.99. The van der Waals surface area contributed by atoms with E-state index >= 15 is 0 Å². The largest absolute Gasteiger partial charge is 0.433 e. The van der Waals surface area contributed by atoms with Crippen LogP contribution in [0.4, 0.5) is 23.2 Å².